The Balaban J connectivity index is 1.71. The highest BCUT2D eigenvalue weighted by Gasteiger charge is 2.10. The number of rotatable bonds is 4. The van der Waals surface area contributed by atoms with Crippen molar-refractivity contribution in [3.8, 4) is 11.3 Å². The van der Waals surface area contributed by atoms with E-state index < -0.39 is 0 Å². The van der Waals surface area contributed by atoms with Crippen molar-refractivity contribution in [1.29, 1.82) is 0 Å². The standard InChI is InChI=1S/C18H15BrN4O/c1-12(13-5-3-2-4-6-13)20-23-18(24)17-11-16(21-22-17)14-7-9-15(19)10-8-14/h2-11H,1H3,(H,21,22)(H,23,24)/b20-12-. The maximum atomic E-state index is 12.2. The maximum absolute atomic E-state index is 12.2. The van der Waals surface area contributed by atoms with Crippen molar-refractivity contribution in [3.63, 3.8) is 0 Å². The minimum Gasteiger partial charge on any atom is -0.272 e. The maximum Gasteiger partial charge on any atom is 0.289 e. The van der Waals surface area contributed by atoms with Gasteiger partial charge in [0.15, 0.2) is 0 Å². The Bertz CT molecular complexity index is 870. The first-order valence-electron chi connectivity index (χ1n) is 7.35. The Hall–Kier alpha value is -2.73. The minimum absolute atomic E-state index is 0.332. The molecule has 120 valence electrons. The van der Waals surface area contributed by atoms with Gasteiger partial charge in [0.2, 0.25) is 0 Å². The van der Waals surface area contributed by atoms with Crippen LogP contribution in [0.5, 0.6) is 0 Å². The number of H-pyrrole nitrogens is 1. The van der Waals surface area contributed by atoms with E-state index in [1.165, 1.54) is 0 Å². The zero-order valence-corrected chi connectivity index (χ0v) is 14.5. The molecule has 0 atom stereocenters. The number of carbonyl (C=O) groups is 1. The first-order valence-corrected chi connectivity index (χ1v) is 8.14. The summed E-state index contributed by atoms with van der Waals surface area (Å²) in [4.78, 5) is 12.2. The molecule has 5 nitrogen and oxygen atoms in total. The summed E-state index contributed by atoms with van der Waals surface area (Å²) >= 11 is 3.39. The predicted molar refractivity (Wildman–Crippen MR) is 97.8 cm³/mol. The number of hydrogen-bond acceptors (Lipinski definition) is 3. The third kappa shape index (κ3) is 3.78. The van der Waals surface area contributed by atoms with Gasteiger partial charge in [-0.05, 0) is 30.7 Å². The van der Waals surface area contributed by atoms with E-state index >= 15 is 0 Å². The monoisotopic (exact) mass is 382 g/mol. The predicted octanol–water partition coefficient (Wildman–Crippen LogP) is 3.99. The van der Waals surface area contributed by atoms with E-state index in [0.29, 0.717) is 11.4 Å². The van der Waals surface area contributed by atoms with E-state index in [1.807, 2.05) is 61.5 Å². The summed E-state index contributed by atoms with van der Waals surface area (Å²) in [6, 6.07) is 19.1. The number of hydrogen-bond donors (Lipinski definition) is 2. The van der Waals surface area contributed by atoms with Crippen LogP contribution in [0.3, 0.4) is 0 Å². The quantitative estimate of drug-likeness (QED) is 0.528. The van der Waals surface area contributed by atoms with Gasteiger partial charge in [-0.1, -0.05) is 58.4 Å². The zero-order chi connectivity index (χ0) is 16.9. The Labute approximate surface area is 147 Å². The van der Waals surface area contributed by atoms with E-state index in [1.54, 1.807) is 6.07 Å². The highest BCUT2D eigenvalue weighted by atomic mass is 79.9. The third-order valence-corrected chi connectivity index (χ3v) is 4.01. The molecular formula is C18H15BrN4O. The number of nitrogens with zero attached hydrogens (tertiary/aromatic N) is 2. The third-order valence-electron chi connectivity index (χ3n) is 3.48. The summed E-state index contributed by atoms with van der Waals surface area (Å²) in [5, 5.41) is 11.0. The number of aromatic nitrogens is 2. The van der Waals surface area contributed by atoms with Crippen LogP contribution in [0, 0.1) is 0 Å². The summed E-state index contributed by atoms with van der Waals surface area (Å²) in [6.45, 7) is 1.84. The van der Waals surface area contributed by atoms with Gasteiger partial charge < -0.3 is 0 Å². The molecule has 6 heteroatoms. The Morgan fingerprint density at radius 2 is 1.83 bits per heavy atom. The normalized spacial score (nSPS) is 11.3. The van der Waals surface area contributed by atoms with Crippen molar-refractivity contribution in [2.45, 2.75) is 6.92 Å². The van der Waals surface area contributed by atoms with Crippen LogP contribution in [-0.4, -0.2) is 21.8 Å². The lowest BCUT2D eigenvalue weighted by molar-refractivity contribution is 0.0950. The highest BCUT2D eigenvalue weighted by molar-refractivity contribution is 9.10. The fourth-order valence-electron chi connectivity index (χ4n) is 2.15. The molecule has 1 amide bonds. The molecule has 2 aromatic carbocycles. The minimum atomic E-state index is -0.332. The SMILES string of the molecule is C/C(=N/NC(=O)c1cc(-c2ccc(Br)cc2)n[nH]1)c1ccccc1. The molecule has 0 saturated heterocycles. The molecule has 0 aliphatic carbocycles. The second kappa shape index (κ2) is 7.23. The average molecular weight is 383 g/mol. The number of nitrogens with one attached hydrogen (secondary N) is 2. The van der Waals surface area contributed by atoms with Crippen LogP contribution < -0.4 is 5.43 Å². The molecule has 1 heterocycles. The van der Waals surface area contributed by atoms with Gasteiger partial charge in [0.05, 0.1) is 11.4 Å². The van der Waals surface area contributed by atoms with Gasteiger partial charge in [-0.2, -0.15) is 10.2 Å². The molecule has 1 aromatic heterocycles. The average Bonchev–Trinajstić information content (AvgIpc) is 3.11. The van der Waals surface area contributed by atoms with Crippen LogP contribution in [0.1, 0.15) is 23.0 Å². The number of hydrazone groups is 1. The largest absolute Gasteiger partial charge is 0.289 e. The Kier molecular flexibility index (Phi) is 4.86. The Morgan fingerprint density at radius 3 is 2.54 bits per heavy atom. The summed E-state index contributed by atoms with van der Waals surface area (Å²) < 4.78 is 0.991. The topological polar surface area (TPSA) is 70.1 Å². The molecule has 0 saturated carbocycles. The smallest absolute Gasteiger partial charge is 0.272 e. The first kappa shape index (κ1) is 16.1. The molecule has 0 radical (unpaired) electrons. The van der Waals surface area contributed by atoms with Gasteiger partial charge in [0, 0.05) is 10.0 Å². The second-order valence-electron chi connectivity index (χ2n) is 5.18. The van der Waals surface area contributed by atoms with E-state index in [4.69, 9.17) is 0 Å². The van der Waals surface area contributed by atoms with Crippen molar-refractivity contribution in [2.24, 2.45) is 5.10 Å². The molecule has 0 bridgehead atoms. The number of benzene rings is 2. The van der Waals surface area contributed by atoms with Crippen molar-refractivity contribution in [3.05, 3.63) is 76.4 Å². The molecule has 0 unspecified atom stereocenters. The van der Waals surface area contributed by atoms with Crippen LogP contribution in [-0.2, 0) is 0 Å². The van der Waals surface area contributed by atoms with Crippen molar-refractivity contribution in [1.82, 2.24) is 15.6 Å². The zero-order valence-electron chi connectivity index (χ0n) is 13.0. The van der Waals surface area contributed by atoms with E-state index in [0.717, 1.165) is 21.3 Å². The van der Waals surface area contributed by atoms with Gasteiger partial charge in [0.25, 0.3) is 5.91 Å². The summed E-state index contributed by atoms with van der Waals surface area (Å²) in [5.41, 5.74) is 6.22. The van der Waals surface area contributed by atoms with E-state index in [2.05, 4.69) is 36.7 Å². The highest BCUT2D eigenvalue weighted by Crippen LogP contribution is 2.20. The summed E-state index contributed by atoms with van der Waals surface area (Å²) in [7, 11) is 0. The van der Waals surface area contributed by atoms with Crippen LogP contribution >= 0.6 is 15.9 Å². The molecule has 24 heavy (non-hydrogen) atoms. The molecule has 0 spiro atoms. The summed E-state index contributed by atoms with van der Waals surface area (Å²) in [6.07, 6.45) is 0. The van der Waals surface area contributed by atoms with Gasteiger partial charge in [-0.3, -0.25) is 9.89 Å². The van der Waals surface area contributed by atoms with Crippen molar-refractivity contribution in [2.75, 3.05) is 0 Å². The van der Waals surface area contributed by atoms with E-state index in [9.17, 15) is 4.79 Å². The van der Waals surface area contributed by atoms with Crippen molar-refractivity contribution < 1.29 is 4.79 Å². The molecule has 2 N–H and O–H groups in total. The lowest BCUT2D eigenvalue weighted by Crippen LogP contribution is -2.19. The van der Waals surface area contributed by atoms with E-state index in [-0.39, 0.29) is 5.91 Å². The second-order valence-corrected chi connectivity index (χ2v) is 6.09. The fraction of sp³-hybridized carbons (Fsp3) is 0.0556. The first-order chi connectivity index (χ1) is 11.6. The molecular weight excluding hydrogens is 368 g/mol. The summed E-state index contributed by atoms with van der Waals surface area (Å²) in [5.74, 6) is -0.332. The van der Waals surface area contributed by atoms with Crippen LogP contribution in [0.15, 0.2) is 70.2 Å². The number of amides is 1. The van der Waals surface area contributed by atoms with Gasteiger partial charge >= 0.3 is 0 Å². The molecule has 3 aromatic rings. The number of carbonyl (C=O) groups excluding carboxylic acids is 1. The van der Waals surface area contributed by atoms with Crippen LogP contribution in [0.4, 0.5) is 0 Å². The Morgan fingerprint density at radius 1 is 1.12 bits per heavy atom. The van der Waals surface area contributed by atoms with Gasteiger partial charge in [-0.15, -0.1) is 0 Å². The lowest BCUT2D eigenvalue weighted by Gasteiger charge is -2.01. The van der Waals surface area contributed by atoms with Crippen LogP contribution in [0.25, 0.3) is 11.3 Å². The van der Waals surface area contributed by atoms with Crippen LogP contribution in [0.2, 0.25) is 0 Å². The molecule has 0 aliphatic heterocycles. The fourth-order valence-corrected chi connectivity index (χ4v) is 2.41. The van der Waals surface area contributed by atoms with Crippen molar-refractivity contribution >= 4 is 27.5 Å². The molecule has 3 rings (SSSR count). The van der Waals surface area contributed by atoms with Gasteiger partial charge in [-0.25, -0.2) is 5.43 Å². The number of aromatic amines is 1. The number of halogens is 1. The molecule has 0 aliphatic rings. The van der Waals surface area contributed by atoms with Gasteiger partial charge in [0.1, 0.15) is 5.69 Å². The lowest BCUT2D eigenvalue weighted by atomic mass is 10.1. The molecule has 0 fully saturated rings.